The first kappa shape index (κ1) is 8.48. The maximum absolute atomic E-state index is 12.5. The molecule has 0 radical (unpaired) electrons. The van der Waals surface area contributed by atoms with Crippen LogP contribution in [0.4, 0.5) is 14.5 Å². The molecule has 0 fully saturated rings. The third-order valence-corrected chi connectivity index (χ3v) is 2.34. The van der Waals surface area contributed by atoms with Crippen molar-refractivity contribution in [1.29, 1.82) is 0 Å². The molecule has 0 saturated carbocycles. The van der Waals surface area contributed by atoms with Crippen molar-refractivity contribution in [1.82, 2.24) is 0 Å². The zero-order chi connectivity index (χ0) is 9.26. The largest absolute Gasteiger partial charge is 0.384 e. The van der Waals surface area contributed by atoms with Gasteiger partial charge in [0.05, 0.1) is 0 Å². The van der Waals surface area contributed by atoms with Crippen LogP contribution in [0.3, 0.4) is 0 Å². The average Bonchev–Trinajstić information content (AvgIpc) is 2.17. The molecule has 0 unspecified atom stereocenters. The van der Waals surface area contributed by atoms with Crippen molar-refractivity contribution in [3.8, 4) is 0 Å². The van der Waals surface area contributed by atoms with E-state index in [1.54, 1.807) is 6.07 Å². The maximum atomic E-state index is 12.5. The van der Waals surface area contributed by atoms with Gasteiger partial charge in [-0.3, -0.25) is 0 Å². The molecule has 1 aliphatic rings. The van der Waals surface area contributed by atoms with E-state index in [0.717, 1.165) is 24.9 Å². The number of benzene rings is 1. The van der Waals surface area contributed by atoms with Gasteiger partial charge in [-0.1, -0.05) is 18.2 Å². The highest BCUT2D eigenvalue weighted by Crippen LogP contribution is 2.32. The monoisotopic (exact) mass is 183 g/mol. The molecule has 0 aliphatic carbocycles. The van der Waals surface area contributed by atoms with Gasteiger partial charge in [0.2, 0.25) is 0 Å². The predicted molar refractivity (Wildman–Crippen MR) is 48.2 cm³/mol. The van der Waals surface area contributed by atoms with E-state index in [0.29, 0.717) is 5.69 Å². The number of para-hydroxylation sites is 1. The summed E-state index contributed by atoms with van der Waals surface area (Å²) in [6, 6.07) is 5.10. The van der Waals surface area contributed by atoms with Crippen molar-refractivity contribution in [2.24, 2.45) is 0 Å². The Hall–Kier alpha value is -1.12. The van der Waals surface area contributed by atoms with Gasteiger partial charge in [0.25, 0.3) is 6.43 Å². The van der Waals surface area contributed by atoms with Crippen LogP contribution in [0.5, 0.6) is 0 Å². The number of rotatable bonds is 1. The van der Waals surface area contributed by atoms with Crippen LogP contribution in [0, 0.1) is 0 Å². The lowest BCUT2D eigenvalue weighted by molar-refractivity contribution is 0.152. The zero-order valence-corrected chi connectivity index (χ0v) is 7.19. The molecule has 1 aliphatic heterocycles. The molecule has 3 heteroatoms. The Morgan fingerprint density at radius 1 is 1.31 bits per heavy atom. The van der Waals surface area contributed by atoms with Crippen LogP contribution in [-0.4, -0.2) is 6.54 Å². The summed E-state index contributed by atoms with van der Waals surface area (Å²) in [5, 5.41) is 3.03. The summed E-state index contributed by atoms with van der Waals surface area (Å²) in [7, 11) is 0. The van der Waals surface area contributed by atoms with Gasteiger partial charge in [-0.05, 0) is 18.4 Å². The van der Waals surface area contributed by atoms with Crippen LogP contribution in [0.25, 0.3) is 0 Å². The second-order valence-electron chi connectivity index (χ2n) is 3.21. The van der Waals surface area contributed by atoms with E-state index in [-0.39, 0.29) is 5.56 Å². The zero-order valence-electron chi connectivity index (χ0n) is 7.19. The fourth-order valence-corrected chi connectivity index (χ4v) is 1.72. The summed E-state index contributed by atoms with van der Waals surface area (Å²) in [5.74, 6) is 0. The second kappa shape index (κ2) is 3.32. The number of fused-ring (bicyclic) bond motifs is 1. The number of anilines is 1. The lowest BCUT2D eigenvalue weighted by Gasteiger charge is -2.20. The molecule has 13 heavy (non-hydrogen) atoms. The van der Waals surface area contributed by atoms with Crippen LogP contribution < -0.4 is 5.32 Å². The third kappa shape index (κ3) is 1.50. The number of nitrogens with one attached hydrogen (secondary N) is 1. The van der Waals surface area contributed by atoms with E-state index in [1.807, 2.05) is 6.07 Å². The Bertz CT molecular complexity index is 310. The highest BCUT2D eigenvalue weighted by atomic mass is 19.3. The van der Waals surface area contributed by atoms with E-state index in [4.69, 9.17) is 0 Å². The van der Waals surface area contributed by atoms with Gasteiger partial charge in [-0.2, -0.15) is 0 Å². The van der Waals surface area contributed by atoms with E-state index < -0.39 is 6.43 Å². The van der Waals surface area contributed by atoms with Crippen molar-refractivity contribution in [2.75, 3.05) is 11.9 Å². The van der Waals surface area contributed by atoms with Crippen molar-refractivity contribution in [3.05, 3.63) is 29.3 Å². The topological polar surface area (TPSA) is 12.0 Å². The van der Waals surface area contributed by atoms with E-state index >= 15 is 0 Å². The molecule has 70 valence electrons. The first-order valence-electron chi connectivity index (χ1n) is 4.43. The molecule has 0 amide bonds. The Labute approximate surface area is 75.8 Å². The molecule has 0 spiro atoms. The maximum Gasteiger partial charge on any atom is 0.265 e. The molecular formula is C10H11F2N. The van der Waals surface area contributed by atoms with Gasteiger partial charge >= 0.3 is 0 Å². The van der Waals surface area contributed by atoms with Crippen LogP contribution >= 0.6 is 0 Å². The van der Waals surface area contributed by atoms with Crippen molar-refractivity contribution in [3.63, 3.8) is 0 Å². The number of aryl methyl sites for hydroxylation is 1. The first-order valence-corrected chi connectivity index (χ1v) is 4.43. The Morgan fingerprint density at radius 3 is 2.92 bits per heavy atom. The molecule has 0 atom stereocenters. The van der Waals surface area contributed by atoms with Crippen LogP contribution in [0.15, 0.2) is 18.2 Å². The molecule has 1 N–H and O–H groups in total. The predicted octanol–water partition coefficient (Wildman–Crippen LogP) is 2.98. The summed E-state index contributed by atoms with van der Waals surface area (Å²) in [4.78, 5) is 0. The quantitative estimate of drug-likeness (QED) is 0.705. The molecule has 0 aromatic heterocycles. The van der Waals surface area contributed by atoms with Crippen molar-refractivity contribution >= 4 is 5.69 Å². The van der Waals surface area contributed by atoms with Gasteiger partial charge in [-0.15, -0.1) is 0 Å². The third-order valence-electron chi connectivity index (χ3n) is 2.34. The highest BCUT2D eigenvalue weighted by molar-refractivity contribution is 5.59. The van der Waals surface area contributed by atoms with Crippen molar-refractivity contribution in [2.45, 2.75) is 19.3 Å². The molecule has 2 rings (SSSR count). The summed E-state index contributed by atoms with van der Waals surface area (Å²) in [5.41, 5.74) is 1.81. The number of alkyl halides is 2. The van der Waals surface area contributed by atoms with Crippen LogP contribution in [0.1, 0.15) is 24.0 Å². The summed E-state index contributed by atoms with van der Waals surface area (Å²) < 4.78 is 25.0. The van der Waals surface area contributed by atoms with Gasteiger partial charge < -0.3 is 5.32 Å². The minimum absolute atomic E-state index is 0.136. The Kier molecular flexibility index (Phi) is 2.17. The standard InChI is InChI=1S/C10H11F2N/c11-10(12)8-5-1-3-7-4-2-6-13-9(7)8/h1,3,5,10,13H,2,4,6H2. The summed E-state index contributed by atoms with van der Waals surface area (Å²) in [6.45, 7) is 0.802. The fraction of sp³-hybridized carbons (Fsp3) is 0.400. The van der Waals surface area contributed by atoms with Crippen LogP contribution in [-0.2, 0) is 6.42 Å². The molecule has 0 saturated heterocycles. The molecule has 1 nitrogen and oxygen atoms in total. The Morgan fingerprint density at radius 2 is 2.15 bits per heavy atom. The molecule has 1 aromatic rings. The first-order chi connectivity index (χ1) is 6.29. The van der Waals surface area contributed by atoms with Crippen LogP contribution in [0.2, 0.25) is 0 Å². The van der Waals surface area contributed by atoms with Gasteiger partial charge in [0, 0.05) is 17.8 Å². The molecule has 1 aromatic carbocycles. The highest BCUT2D eigenvalue weighted by Gasteiger charge is 2.17. The fourth-order valence-electron chi connectivity index (χ4n) is 1.72. The lowest BCUT2D eigenvalue weighted by Crippen LogP contribution is -2.13. The van der Waals surface area contributed by atoms with Gasteiger partial charge in [-0.25, -0.2) is 8.78 Å². The minimum Gasteiger partial charge on any atom is -0.384 e. The van der Waals surface area contributed by atoms with Crippen molar-refractivity contribution < 1.29 is 8.78 Å². The number of halogens is 2. The smallest absolute Gasteiger partial charge is 0.265 e. The van der Waals surface area contributed by atoms with Gasteiger partial charge in [0.15, 0.2) is 0 Å². The summed E-state index contributed by atoms with van der Waals surface area (Å²) in [6.07, 6.45) is -0.441. The molecular weight excluding hydrogens is 172 g/mol. The van der Waals surface area contributed by atoms with Gasteiger partial charge in [0.1, 0.15) is 0 Å². The van der Waals surface area contributed by atoms with E-state index in [2.05, 4.69) is 5.32 Å². The Balaban J connectivity index is 2.46. The van der Waals surface area contributed by atoms with E-state index in [9.17, 15) is 8.78 Å². The number of hydrogen-bond acceptors (Lipinski definition) is 1. The second-order valence-corrected chi connectivity index (χ2v) is 3.21. The molecule has 1 heterocycles. The van der Waals surface area contributed by atoms with E-state index in [1.165, 1.54) is 6.07 Å². The SMILES string of the molecule is FC(F)c1cccc2c1NCCC2. The summed E-state index contributed by atoms with van der Waals surface area (Å²) >= 11 is 0. The average molecular weight is 183 g/mol. The minimum atomic E-state index is -2.37. The lowest BCUT2D eigenvalue weighted by atomic mass is 10.00. The molecule has 0 bridgehead atoms. The number of hydrogen-bond donors (Lipinski definition) is 1. The normalized spacial score (nSPS) is 15.3.